The lowest BCUT2D eigenvalue weighted by molar-refractivity contribution is -0.143. The van der Waals surface area contributed by atoms with Crippen LogP contribution < -0.4 is 26.6 Å². The van der Waals surface area contributed by atoms with E-state index in [-0.39, 0.29) is 36.0 Å². The summed E-state index contributed by atoms with van der Waals surface area (Å²) in [4.78, 5) is 79.2. The zero-order chi connectivity index (χ0) is 47.5. The van der Waals surface area contributed by atoms with Crippen LogP contribution in [0.3, 0.4) is 0 Å². The Morgan fingerprint density at radius 1 is 0.821 bits per heavy atom. The number of pyridine rings is 1. The largest absolute Gasteiger partial charge is 0.352 e. The van der Waals surface area contributed by atoms with Crippen molar-refractivity contribution < 1.29 is 24.0 Å². The molecule has 0 saturated carbocycles. The highest BCUT2D eigenvalue weighted by Gasteiger charge is 2.41. The summed E-state index contributed by atoms with van der Waals surface area (Å²) in [5, 5.41) is 18.0. The molecule has 0 aliphatic carbocycles. The minimum Gasteiger partial charge on any atom is -0.352 e. The van der Waals surface area contributed by atoms with E-state index in [0.29, 0.717) is 61.5 Å². The number of thiazole rings is 1. The van der Waals surface area contributed by atoms with E-state index in [1.807, 2.05) is 118 Å². The zero-order valence-corrected chi connectivity index (χ0v) is 40.5. The number of hydrogen-bond acceptors (Lipinski definition) is 10. The molecule has 67 heavy (non-hydrogen) atoms. The Labute approximate surface area is 400 Å². The van der Waals surface area contributed by atoms with Crippen molar-refractivity contribution in [3.05, 3.63) is 124 Å². The third kappa shape index (κ3) is 12.5. The lowest BCUT2D eigenvalue weighted by Crippen LogP contribution is -2.57. The van der Waals surface area contributed by atoms with Gasteiger partial charge >= 0.3 is 0 Å². The van der Waals surface area contributed by atoms with Crippen LogP contribution in [0.25, 0.3) is 20.5 Å². The number of aromatic nitrogens is 2. The number of hydrogen-bond donors (Lipinski definition) is 5. The SMILES string of the molecule is Cc1ccccc1Nc1ncc(C(=O)NCCCCCCCC(=O)NC(C(=O)N2CCCC2C(=O)NCc2ccc(-c3scnc3C)cc2)C(C)(C)C)cc1NC(=O)c1csc2ccccc12. The van der Waals surface area contributed by atoms with E-state index in [0.717, 1.165) is 68.7 Å². The van der Waals surface area contributed by atoms with E-state index in [2.05, 4.69) is 36.6 Å². The maximum Gasteiger partial charge on any atom is 0.257 e. The highest BCUT2D eigenvalue weighted by Crippen LogP contribution is 2.31. The van der Waals surface area contributed by atoms with Crippen molar-refractivity contribution in [2.45, 2.75) is 105 Å². The lowest BCUT2D eigenvalue weighted by atomic mass is 9.85. The van der Waals surface area contributed by atoms with Crippen molar-refractivity contribution in [3.63, 3.8) is 0 Å². The van der Waals surface area contributed by atoms with Gasteiger partial charge in [-0.2, -0.15) is 0 Å². The maximum absolute atomic E-state index is 14.0. The van der Waals surface area contributed by atoms with Crippen molar-refractivity contribution in [1.82, 2.24) is 30.8 Å². The molecule has 1 fully saturated rings. The molecule has 0 spiro atoms. The summed E-state index contributed by atoms with van der Waals surface area (Å²) >= 11 is 3.10. The van der Waals surface area contributed by atoms with Crippen LogP contribution in [0, 0.1) is 19.3 Å². The fourth-order valence-corrected chi connectivity index (χ4v) is 9.98. The first-order valence-electron chi connectivity index (χ1n) is 23.0. The Morgan fingerprint density at radius 2 is 1.57 bits per heavy atom. The quantitative estimate of drug-likeness (QED) is 0.0499. The number of nitrogens with one attached hydrogen (secondary N) is 5. The number of nitrogens with zero attached hydrogens (tertiary/aromatic N) is 3. The topological polar surface area (TPSA) is 175 Å². The monoisotopic (exact) mass is 940 g/mol. The second-order valence-electron chi connectivity index (χ2n) is 18.2. The van der Waals surface area contributed by atoms with Gasteiger partial charge < -0.3 is 31.5 Å². The molecule has 5 N–H and O–H groups in total. The molecule has 2 atom stereocenters. The molecule has 1 aliphatic rings. The van der Waals surface area contributed by atoms with Gasteiger partial charge in [0.05, 0.1) is 32.9 Å². The molecule has 5 amide bonds. The fraction of sp³-hybridized carbons (Fsp3) is 0.365. The number of para-hydroxylation sites is 1. The molecule has 350 valence electrons. The highest BCUT2D eigenvalue weighted by molar-refractivity contribution is 7.17. The molecule has 6 aromatic rings. The van der Waals surface area contributed by atoms with E-state index < -0.39 is 17.5 Å². The average Bonchev–Trinajstić information content (AvgIpc) is 4.10. The molecule has 15 heteroatoms. The molecular formula is C52H60N8O5S2. The fourth-order valence-electron chi connectivity index (χ4n) is 8.22. The van der Waals surface area contributed by atoms with Crippen LogP contribution in [-0.4, -0.2) is 69.6 Å². The third-order valence-electron chi connectivity index (χ3n) is 12.1. The minimum atomic E-state index is -0.774. The normalized spacial score (nSPS) is 14.1. The summed E-state index contributed by atoms with van der Waals surface area (Å²) in [5.74, 6) is -0.780. The van der Waals surface area contributed by atoms with Crippen molar-refractivity contribution >= 4 is 79.5 Å². The number of unbranched alkanes of at least 4 members (excludes halogenated alkanes) is 4. The van der Waals surface area contributed by atoms with Crippen LogP contribution in [0.5, 0.6) is 0 Å². The summed E-state index contributed by atoms with van der Waals surface area (Å²) in [6, 6.07) is 23.9. The maximum atomic E-state index is 14.0. The molecule has 13 nitrogen and oxygen atoms in total. The first-order valence-corrected chi connectivity index (χ1v) is 24.8. The number of likely N-dealkylation sites (tertiary alicyclic amines) is 1. The number of fused-ring (bicyclic) bond motifs is 1. The zero-order valence-electron chi connectivity index (χ0n) is 38.9. The summed E-state index contributed by atoms with van der Waals surface area (Å²) in [7, 11) is 0. The van der Waals surface area contributed by atoms with Gasteiger partial charge in [-0.15, -0.1) is 22.7 Å². The summed E-state index contributed by atoms with van der Waals surface area (Å²) < 4.78 is 1.01. The number of aryl methyl sites for hydroxylation is 2. The number of anilines is 3. The van der Waals surface area contributed by atoms with Gasteiger partial charge in [-0.05, 0) is 79.8 Å². The molecule has 1 aliphatic heterocycles. The van der Waals surface area contributed by atoms with E-state index in [1.165, 1.54) is 17.5 Å². The molecule has 3 aromatic carbocycles. The van der Waals surface area contributed by atoms with Crippen LogP contribution in [0.15, 0.2) is 96.0 Å². The first kappa shape index (κ1) is 48.5. The summed E-state index contributed by atoms with van der Waals surface area (Å²) in [6.07, 6.45) is 7.03. The van der Waals surface area contributed by atoms with Gasteiger partial charge in [0.15, 0.2) is 5.82 Å². The third-order valence-corrected chi connectivity index (χ3v) is 14.0. The molecule has 2 unspecified atom stereocenters. The molecule has 0 radical (unpaired) electrons. The lowest BCUT2D eigenvalue weighted by Gasteiger charge is -2.35. The van der Waals surface area contributed by atoms with Gasteiger partial charge in [-0.3, -0.25) is 24.0 Å². The second-order valence-corrected chi connectivity index (χ2v) is 19.9. The van der Waals surface area contributed by atoms with Crippen molar-refractivity contribution in [1.29, 1.82) is 0 Å². The molecule has 4 heterocycles. The van der Waals surface area contributed by atoms with Crippen LogP contribution in [0.4, 0.5) is 17.2 Å². The highest BCUT2D eigenvalue weighted by atomic mass is 32.1. The number of benzene rings is 3. The Bertz CT molecular complexity index is 2710. The molecule has 0 bridgehead atoms. The standard InChI is InChI=1S/C52H60N8O5S2/c1-33-16-10-12-18-40(33)57-47-41(58-49(63)39-31-66-43-20-13-11-17-38(39)43)28-37(30-54-47)48(62)53-26-14-8-6-7-9-21-44(61)59-46(52(3,4)5)51(65)60-27-15-19-42(60)50(64)55-29-35-22-24-36(25-23-35)45-34(2)56-32-67-45/h10-13,16-18,20,22-25,28,30-32,42,46H,6-9,14-15,19,21,26-27,29H2,1-5H3,(H,53,62)(H,54,57)(H,55,64)(H,58,63)(H,59,61). The van der Waals surface area contributed by atoms with E-state index in [1.54, 1.807) is 22.3 Å². The van der Waals surface area contributed by atoms with Crippen molar-refractivity contribution in [2.24, 2.45) is 5.41 Å². The number of rotatable bonds is 19. The first-order chi connectivity index (χ1) is 32.3. The Hall–Kier alpha value is -6.45. The van der Waals surface area contributed by atoms with Crippen molar-refractivity contribution in [2.75, 3.05) is 23.7 Å². The summed E-state index contributed by atoms with van der Waals surface area (Å²) in [6.45, 7) is 11.0. The van der Waals surface area contributed by atoms with Gasteiger partial charge in [0.2, 0.25) is 17.7 Å². The number of carbonyl (C=O) groups is 5. The Morgan fingerprint density at radius 3 is 2.33 bits per heavy atom. The molecular weight excluding hydrogens is 881 g/mol. The van der Waals surface area contributed by atoms with Crippen LogP contribution in [0.1, 0.15) is 110 Å². The van der Waals surface area contributed by atoms with E-state index >= 15 is 0 Å². The number of carbonyl (C=O) groups excluding carboxylic acids is 5. The van der Waals surface area contributed by atoms with Gasteiger partial charge in [0.25, 0.3) is 11.8 Å². The van der Waals surface area contributed by atoms with Gasteiger partial charge in [-0.25, -0.2) is 9.97 Å². The molecule has 7 rings (SSSR count). The Balaban J connectivity index is 0.841. The average molecular weight is 941 g/mol. The van der Waals surface area contributed by atoms with Gasteiger partial charge in [-0.1, -0.05) is 101 Å². The Kier molecular flexibility index (Phi) is 16.2. The van der Waals surface area contributed by atoms with E-state index in [9.17, 15) is 24.0 Å². The molecule has 3 aromatic heterocycles. The van der Waals surface area contributed by atoms with Crippen LogP contribution in [-0.2, 0) is 20.9 Å². The number of amides is 5. The molecule has 1 saturated heterocycles. The predicted molar refractivity (Wildman–Crippen MR) is 269 cm³/mol. The second kappa shape index (κ2) is 22.4. The summed E-state index contributed by atoms with van der Waals surface area (Å²) in [5.41, 5.74) is 7.41. The predicted octanol–water partition coefficient (Wildman–Crippen LogP) is 9.94. The smallest absolute Gasteiger partial charge is 0.257 e. The van der Waals surface area contributed by atoms with Crippen LogP contribution >= 0.6 is 22.7 Å². The van der Waals surface area contributed by atoms with E-state index in [4.69, 9.17) is 0 Å². The van der Waals surface area contributed by atoms with Crippen molar-refractivity contribution in [3.8, 4) is 10.4 Å². The number of thiophene rings is 1. The van der Waals surface area contributed by atoms with Gasteiger partial charge in [0.1, 0.15) is 12.1 Å². The van der Waals surface area contributed by atoms with Crippen LogP contribution in [0.2, 0.25) is 0 Å². The van der Waals surface area contributed by atoms with Gasteiger partial charge in [0, 0.05) is 53.4 Å². The minimum absolute atomic E-state index is 0.189.